The summed E-state index contributed by atoms with van der Waals surface area (Å²) in [6.45, 7) is 4.24. The van der Waals surface area contributed by atoms with Gasteiger partial charge in [-0.1, -0.05) is 29.3 Å². The zero-order valence-corrected chi connectivity index (χ0v) is 14.2. The van der Waals surface area contributed by atoms with Crippen molar-refractivity contribution < 1.29 is 19.1 Å². The Kier molecular flexibility index (Phi) is 3.71. The molecule has 128 valence electrons. The smallest absolute Gasteiger partial charge is 0.237 e. The first kappa shape index (κ1) is 15.7. The number of hydrogen-bond donors (Lipinski definition) is 0. The van der Waals surface area contributed by atoms with Crippen LogP contribution >= 0.6 is 0 Å². The van der Waals surface area contributed by atoms with Crippen molar-refractivity contribution in [1.29, 1.82) is 0 Å². The lowest BCUT2D eigenvalue weighted by Crippen LogP contribution is -2.30. The molecule has 25 heavy (non-hydrogen) atoms. The predicted octanol–water partition coefficient (Wildman–Crippen LogP) is 3.15. The molecule has 0 saturated carbocycles. The zero-order chi connectivity index (χ0) is 17.6. The molecule has 2 aliphatic heterocycles. The molecule has 2 amide bonds. The first-order chi connectivity index (χ1) is 12.0. The third-order valence-electron chi connectivity index (χ3n) is 4.62. The van der Waals surface area contributed by atoms with Crippen LogP contribution in [0.25, 0.3) is 0 Å². The average molecular weight is 337 g/mol. The lowest BCUT2D eigenvalue weighted by molar-refractivity contribution is -0.122. The molecule has 4 rings (SSSR count). The van der Waals surface area contributed by atoms with Gasteiger partial charge in [0.05, 0.1) is 11.6 Å². The molecule has 2 heterocycles. The molecule has 5 heteroatoms. The molecule has 0 unspecified atom stereocenters. The summed E-state index contributed by atoms with van der Waals surface area (Å²) in [7, 11) is 0. The molecular weight excluding hydrogens is 318 g/mol. The number of fused-ring (bicyclic) bond motifs is 1. The maximum atomic E-state index is 12.8. The number of carbonyl (C=O) groups excluding carboxylic acids is 2. The molecule has 0 aromatic heterocycles. The highest BCUT2D eigenvalue weighted by molar-refractivity contribution is 6.21. The summed E-state index contributed by atoms with van der Waals surface area (Å²) in [6, 6.07) is 11.4. The SMILES string of the molecule is Cc1cc(C)cc(C[C@H]2CC(=O)N(c3ccc4c(c3)OCO4)C2=O)c1. The van der Waals surface area contributed by atoms with E-state index in [1.165, 1.54) is 16.0 Å². The van der Waals surface area contributed by atoms with Crippen LogP contribution in [-0.4, -0.2) is 18.6 Å². The van der Waals surface area contributed by atoms with Gasteiger partial charge < -0.3 is 9.47 Å². The minimum Gasteiger partial charge on any atom is -0.454 e. The average Bonchev–Trinajstić information content (AvgIpc) is 3.10. The van der Waals surface area contributed by atoms with Crippen LogP contribution in [0.3, 0.4) is 0 Å². The summed E-state index contributed by atoms with van der Waals surface area (Å²) in [4.78, 5) is 26.5. The monoisotopic (exact) mass is 337 g/mol. The van der Waals surface area contributed by atoms with E-state index in [4.69, 9.17) is 9.47 Å². The number of hydrogen-bond acceptors (Lipinski definition) is 4. The number of rotatable bonds is 3. The van der Waals surface area contributed by atoms with Gasteiger partial charge in [-0.15, -0.1) is 0 Å². The summed E-state index contributed by atoms with van der Waals surface area (Å²) in [5.74, 6) is 0.561. The summed E-state index contributed by atoms with van der Waals surface area (Å²) in [5.41, 5.74) is 3.97. The molecule has 1 fully saturated rings. The lowest BCUT2D eigenvalue weighted by atomic mass is 9.95. The molecule has 0 spiro atoms. The Morgan fingerprint density at radius 1 is 1.00 bits per heavy atom. The van der Waals surface area contributed by atoms with Crippen LogP contribution in [0.4, 0.5) is 5.69 Å². The van der Waals surface area contributed by atoms with Gasteiger partial charge in [-0.2, -0.15) is 0 Å². The van der Waals surface area contributed by atoms with Gasteiger partial charge in [-0.05, 0) is 38.0 Å². The van der Waals surface area contributed by atoms with Crippen LogP contribution in [0.1, 0.15) is 23.1 Å². The second-order valence-electron chi connectivity index (χ2n) is 6.71. The third kappa shape index (κ3) is 2.86. The Labute approximate surface area is 146 Å². The zero-order valence-electron chi connectivity index (χ0n) is 14.2. The minimum atomic E-state index is -0.320. The molecule has 0 N–H and O–H groups in total. The minimum absolute atomic E-state index is 0.150. The van der Waals surface area contributed by atoms with Gasteiger partial charge >= 0.3 is 0 Å². The predicted molar refractivity (Wildman–Crippen MR) is 92.8 cm³/mol. The van der Waals surface area contributed by atoms with E-state index in [9.17, 15) is 9.59 Å². The number of amides is 2. The van der Waals surface area contributed by atoms with E-state index in [1.807, 2.05) is 13.8 Å². The highest BCUT2D eigenvalue weighted by Crippen LogP contribution is 2.38. The number of imide groups is 1. The molecule has 0 bridgehead atoms. The van der Waals surface area contributed by atoms with Crippen LogP contribution in [0.15, 0.2) is 36.4 Å². The number of ether oxygens (including phenoxy) is 2. The molecule has 1 saturated heterocycles. The van der Waals surface area contributed by atoms with E-state index in [0.717, 1.165) is 5.56 Å². The van der Waals surface area contributed by atoms with E-state index < -0.39 is 0 Å². The van der Waals surface area contributed by atoms with Gasteiger partial charge in [-0.3, -0.25) is 14.5 Å². The summed E-state index contributed by atoms with van der Waals surface area (Å²) in [5, 5.41) is 0. The lowest BCUT2D eigenvalue weighted by Gasteiger charge is -2.16. The fourth-order valence-electron chi connectivity index (χ4n) is 3.62. The fourth-order valence-corrected chi connectivity index (χ4v) is 3.62. The normalized spacial score (nSPS) is 19.0. The van der Waals surface area contributed by atoms with Crippen LogP contribution in [0, 0.1) is 19.8 Å². The van der Waals surface area contributed by atoms with Crippen molar-refractivity contribution in [3.05, 3.63) is 53.1 Å². The second-order valence-corrected chi connectivity index (χ2v) is 6.71. The largest absolute Gasteiger partial charge is 0.454 e. The van der Waals surface area contributed by atoms with Crippen LogP contribution in [-0.2, 0) is 16.0 Å². The Hall–Kier alpha value is -2.82. The molecule has 2 aliphatic rings. The van der Waals surface area contributed by atoms with E-state index >= 15 is 0 Å². The van der Waals surface area contributed by atoms with E-state index in [0.29, 0.717) is 23.6 Å². The van der Waals surface area contributed by atoms with Gasteiger partial charge in [0.2, 0.25) is 18.6 Å². The van der Waals surface area contributed by atoms with Crippen molar-refractivity contribution in [3.63, 3.8) is 0 Å². The van der Waals surface area contributed by atoms with Crippen molar-refractivity contribution >= 4 is 17.5 Å². The number of nitrogens with zero attached hydrogens (tertiary/aromatic N) is 1. The first-order valence-electron chi connectivity index (χ1n) is 8.35. The quantitative estimate of drug-likeness (QED) is 0.808. The summed E-state index contributed by atoms with van der Waals surface area (Å²) in [6.07, 6.45) is 0.814. The Morgan fingerprint density at radius 2 is 1.72 bits per heavy atom. The van der Waals surface area contributed by atoms with Crippen molar-refractivity contribution in [2.24, 2.45) is 5.92 Å². The van der Waals surface area contributed by atoms with Crippen molar-refractivity contribution in [2.75, 3.05) is 11.7 Å². The highest BCUT2D eigenvalue weighted by atomic mass is 16.7. The summed E-state index contributed by atoms with van der Waals surface area (Å²) < 4.78 is 10.6. The number of aryl methyl sites for hydroxylation is 2. The summed E-state index contributed by atoms with van der Waals surface area (Å²) >= 11 is 0. The third-order valence-corrected chi connectivity index (χ3v) is 4.62. The number of carbonyl (C=O) groups is 2. The van der Waals surface area contributed by atoms with Crippen molar-refractivity contribution in [3.8, 4) is 11.5 Å². The van der Waals surface area contributed by atoms with Crippen molar-refractivity contribution in [1.82, 2.24) is 0 Å². The molecule has 0 radical (unpaired) electrons. The highest BCUT2D eigenvalue weighted by Gasteiger charge is 2.39. The van der Waals surface area contributed by atoms with Crippen LogP contribution in [0.2, 0.25) is 0 Å². The molecule has 1 atom stereocenters. The molecule has 0 aliphatic carbocycles. The number of anilines is 1. The van der Waals surface area contributed by atoms with E-state index in [1.54, 1.807) is 18.2 Å². The second kappa shape index (κ2) is 5.92. The molecule has 5 nitrogen and oxygen atoms in total. The van der Waals surface area contributed by atoms with Gasteiger partial charge in [0.15, 0.2) is 11.5 Å². The molecule has 2 aromatic carbocycles. The number of benzene rings is 2. The molecular formula is C20H19NO4. The van der Waals surface area contributed by atoms with Gasteiger partial charge in [0.25, 0.3) is 0 Å². The molecule has 2 aromatic rings. The Bertz CT molecular complexity index is 854. The van der Waals surface area contributed by atoms with Crippen molar-refractivity contribution in [2.45, 2.75) is 26.7 Å². The Balaban J connectivity index is 1.58. The van der Waals surface area contributed by atoms with Crippen LogP contribution in [0.5, 0.6) is 11.5 Å². The fraction of sp³-hybridized carbons (Fsp3) is 0.300. The van der Waals surface area contributed by atoms with Crippen LogP contribution < -0.4 is 14.4 Å². The maximum absolute atomic E-state index is 12.8. The topological polar surface area (TPSA) is 55.8 Å². The Morgan fingerprint density at radius 3 is 2.48 bits per heavy atom. The first-order valence-corrected chi connectivity index (χ1v) is 8.35. The van der Waals surface area contributed by atoms with E-state index in [2.05, 4.69) is 18.2 Å². The van der Waals surface area contributed by atoms with Gasteiger partial charge in [-0.25, -0.2) is 0 Å². The maximum Gasteiger partial charge on any atom is 0.237 e. The van der Waals surface area contributed by atoms with Gasteiger partial charge in [0.1, 0.15) is 0 Å². The van der Waals surface area contributed by atoms with E-state index in [-0.39, 0.29) is 30.9 Å². The van der Waals surface area contributed by atoms with Gasteiger partial charge in [0, 0.05) is 12.5 Å². The standard InChI is InChI=1S/C20H19NO4/c1-12-5-13(2)7-14(6-12)8-15-9-19(22)21(20(15)23)16-3-4-17-18(10-16)25-11-24-17/h3-7,10,15H,8-9,11H2,1-2H3/t15-/m0/s1.